The lowest BCUT2D eigenvalue weighted by molar-refractivity contribution is 0.0734. The minimum absolute atomic E-state index is 0.00700. The molecule has 21 heavy (non-hydrogen) atoms. The van der Waals surface area contributed by atoms with Gasteiger partial charge in [0.2, 0.25) is 0 Å². The molecule has 0 aliphatic carbocycles. The van der Waals surface area contributed by atoms with Crippen molar-refractivity contribution < 1.29 is 4.79 Å². The van der Waals surface area contributed by atoms with E-state index in [1.165, 1.54) is 5.56 Å². The highest BCUT2D eigenvalue weighted by atomic mass is 79.9. The SMILES string of the molecule is Nc1cccc2c1CN(C(=O)c1ccc(Cl)cc1Br)CC2. The first-order chi connectivity index (χ1) is 10.1. The maximum atomic E-state index is 12.7. The van der Waals surface area contributed by atoms with E-state index >= 15 is 0 Å². The molecule has 0 fully saturated rings. The van der Waals surface area contributed by atoms with E-state index in [1.54, 1.807) is 18.2 Å². The smallest absolute Gasteiger partial charge is 0.255 e. The number of fused-ring (bicyclic) bond motifs is 1. The summed E-state index contributed by atoms with van der Waals surface area (Å²) in [5.74, 6) is -0.00700. The molecular formula is C16H14BrClN2O. The Labute approximate surface area is 136 Å². The molecule has 0 saturated carbocycles. The fraction of sp³-hybridized carbons (Fsp3) is 0.188. The van der Waals surface area contributed by atoms with Crippen LogP contribution in [0.25, 0.3) is 0 Å². The van der Waals surface area contributed by atoms with Crippen molar-refractivity contribution in [2.24, 2.45) is 0 Å². The first kappa shape index (κ1) is 14.4. The van der Waals surface area contributed by atoms with Crippen LogP contribution >= 0.6 is 27.5 Å². The van der Waals surface area contributed by atoms with Gasteiger partial charge in [-0.25, -0.2) is 0 Å². The highest BCUT2D eigenvalue weighted by Gasteiger charge is 2.24. The minimum Gasteiger partial charge on any atom is -0.398 e. The molecule has 5 heteroatoms. The van der Waals surface area contributed by atoms with Crippen molar-refractivity contribution in [2.45, 2.75) is 13.0 Å². The van der Waals surface area contributed by atoms with Crippen LogP contribution in [-0.4, -0.2) is 17.4 Å². The van der Waals surface area contributed by atoms with E-state index in [0.717, 1.165) is 17.7 Å². The van der Waals surface area contributed by atoms with Crippen molar-refractivity contribution in [3.8, 4) is 0 Å². The Morgan fingerprint density at radius 2 is 2.10 bits per heavy atom. The lowest BCUT2D eigenvalue weighted by Crippen LogP contribution is -2.36. The summed E-state index contributed by atoms with van der Waals surface area (Å²) in [7, 11) is 0. The van der Waals surface area contributed by atoms with Gasteiger partial charge >= 0.3 is 0 Å². The molecule has 1 aliphatic rings. The predicted molar refractivity (Wildman–Crippen MR) is 88.5 cm³/mol. The summed E-state index contributed by atoms with van der Waals surface area (Å²) < 4.78 is 0.715. The van der Waals surface area contributed by atoms with Gasteiger partial charge in [-0.3, -0.25) is 4.79 Å². The molecule has 0 aromatic heterocycles. The molecule has 2 N–H and O–H groups in total. The van der Waals surface area contributed by atoms with Gasteiger partial charge in [0.15, 0.2) is 0 Å². The number of carbonyl (C=O) groups excluding carboxylic acids is 1. The van der Waals surface area contributed by atoms with Gasteiger partial charge in [-0.2, -0.15) is 0 Å². The van der Waals surface area contributed by atoms with Gasteiger partial charge in [0.05, 0.1) is 5.56 Å². The number of carbonyl (C=O) groups is 1. The summed E-state index contributed by atoms with van der Waals surface area (Å²) >= 11 is 9.33. The lowest BCUT2D eigenvalue weighted by atomic mass is 9.97. The average Bonchev–Trinajstić information content (AvgIpc) is 2.47. The van der Waals surface area contributed by atoms with Gasteiger partial charge < -0.3 is 10.6 Å². The van der Waals surface area contributed by atoms with Crippen molar-refractivity contribution in [2.75, 3.05) is 12.3 Å². The van der Waals surface area contributed by atoms with Gasteiger partial charge in [-0.15, -0.1) is 0 Å². The molecule has 1 aliphatic heterocycles. The second-order valence-corrected chi connectivity index (χ2v) is 6.38. The van der Waals surface area contributed by atoms with Crippen molar-refractivity contribution in [3.05, 3.63) is 62.6 Å². The second-order valence-electron chi connectivity index (χ2n) is 5.09. The topological polar surface area (TPSA) is 46.3 Å². The van der Waals surface area contributed by atoms with E-state index in [1.807, 2.05) is 17.0 Å². The van der Waals surface area contributed by atoms with Crippen LogP contribution in [0.5, 0.6) is 0 Å². The van der Waals surface area contributed by atoms with Gasteiger partial charge in [0.1, 0.15) is 0 Å². The standard InChI is InChI=1S/C16H14BrClN2O/c17-14-8-11(18)4-5-12(14)16(21)20-7-6-10-2-1-3-15(19)13(10)9-20/h1-5,8H,6-7,9,19H2. The number of nitrogen functional groups attached to an aromatic ring is 1. The molecule has 3 rings (SSSR count). The molecule has 0 radical (unpaired) electrons. The third kappa shape index (κ3) is 2.78. The molecule has 2 aromatic carbocycles. The van der Waals surface area contributed by atoms with Gasteiger partial charge in [-0.05, 0) is 57.7 Å². The number of benzene rings is 2. The monoisotopic (exact) mass is 364 g/mol. The van der Waals surface area contributed by atoms with E-state index in [2.05, 4.69) is 22.0 Å². The zero-order valence-electron chi connectivity index (χ0n) is 11.3. The molecule has 0 spiro atoms. The van der Waals surface area contributed by atoms with E-state index in [4.69, 9.17) is 17.3 Å². The van der Waals surface area contributed by atoms with Crippen molar-refractivity contribution in [1.82, 2.24) is 4.90 Å². The molecule has 108 valence electrons. The van der Waals surface area contributed by atoms with Gasteiger partial charge in [-0.1, -0.05) is 23.7 Å². The summed E-state index contributed by atoms with van der Waals surface area (Å²) in [6, 6.07) is 11.1. The van der Waals surface area contributed by atoms with Crippen molar-refractivity contribution in [3.63, 3.8) is 0 Å². The molecule has 3 nitrogen and oxygen atoms in total. The summed E-state index contributed by atoms with van der Waals surface area (Å²) in [5, 5.41) is 0.603. The first-order valence-electron chi connectivity index (χ1n) is 6.67. The molecule has 0 saturated heterocycles. The number of halogens is 2. The number of amides is 1. The highest BCUT2D eigenvalue weighted by molar-refractivity contribution is 9.10. The minimum atomic E-state index is -0.00700. The highest BCUT2D eigenvalue weighted by Crippen LogP contribution is 2.28. The van der Waals surface area contributed by atoms with E-state index in [0.29, 0.717) is 28.1 Å². The van der Waals surface area contributed by atoms with Gasteiger partial charge in [0.25, 0.3) is 5.91 Å². The summed E-state index contributed by atoms with van der Waals surface area (Å²) in [4.78, 5) is 14.5. The largest absolute Gasteiger partial charge is 0.398 e. The van der Waals surface area contributed by atoms with Crippen LogP contribution < -0.4 is 5.73 Å². The first-order valence-corrected chi connectivity index (χ1v) is 7.84. The van der Waals surface area contributed by atoms with Crippen LogP contribution in [0, 0.1) is 0 Å². The predicted octanol–water partition coefficient (Wildman–Crippen LogP) is 3.88. The Hall–Kier alpha value is -1.52. The van der Waals surface area contributed by atoms with E-state index < -0.39 is 0 Å². The molecule has 1 amide bonds. The van der Waals surface area contributed by atoms with Gasteiger partial charge in [0, 0.05) is 28.3 Å². The number of hydrogen-bond acceptors (Lipinski definition) is 2. The maximum Gasteiger partial charge on any atom is 0.255 e. The van der Waals surface area contributed by atoms with Crippen molar-refractivity contribution >= 4 is 39.1 Å². The maximum absolute atomic E-state index is 12.7. The summed E-state index contributed by atoms with van der Waals surface area (Å²) in [5.41, 5.74) is 9.69. The average molecular weight is 366 g/mol. The number of hydrogen-bond donors (Lipinski definition) is 1. The number of nitrogens with zero attached hydrogens (tertiary/aromatic N) is 1. The Morgan fingerprint density at radius 1 is 1.29 bits per heavy atom. The Morgan fingerprint density at radius 3 is 2.86 bits per heavy atom. The number of nitrogens with two attached hydrogens (primary N) is 1. The van der Waals surface area contributed by atoms with Crippen molar-refractivity contribution in [1.29, 1.82) is 0 Å². The van der Waals surface area contributed by atoms with Crippen LogP contribution in [0.4, 0.5) is 5.69 Å². The lowest BCUT2D eigenvalue weighted by Gasteiger charge is -2.30. The Balaban J connectivity index is 1.89. The number of anilines is 1. The summed E-state index contributed by atoms with van der Waals surface area (Å²) in [6.45, 7) is 1.25. The molecule has 2 aromatic rings. The zero-order valence-corrected chi connectivity index (χ0v) is 13.6. The fourth-order valence-corrected chi connectivity index (χ4v) is 3.47. The third-order valence-electron chi connectivity index (χ3n) is 3.76. The van der Waals surface area contributed by atoms with Crippen LogP contribution in [0.1, 0.15) is 21.5 Å². The number of rotatable bonds is 1. The Bertz CT molecular complexity index is 717. The summed E-state index contributed by atoms with van der Waals surface area (Å²) in [6.07, 6.45) is 0.831. The molecule has 0 atom stereocenters. The van der Waals surface area contributed by atoms with E-state index in [-0.39, 0.29) is 5.91 Å². The quantitative estimate of drug-likeness (QED) is 0.780. The van der Waals surface area contributed by atoms with E-state index in [9.17, 15) is 4.79 Å². The third-order valence-corrected chi connectivity index (χ3v) is 4.65. The normalized spacial score (nSPS) is 13.9. The molecule has 0 unspecified atom stereocenters. The zero-order chi connectivity index (χ0) is 15.0. The molecule has 0 bridgehead atoms. The molecule has 1 heterocycles. The van der Waals surface area contributed by atoms with Crippen LogP contribution in [-0.2, 0) is 13.0 Å². The van der Waals surface area contributed by atoms with Crippen LogP contribution in [0.2, 0.25) is 5.02 Å². The Kier molecular flexibility index (Phi) is 3.91. The molecular weight excluding hydrogens is 352 g/mol. The fourth-order valence-electron chi connectivity index (χ4n) is 2.61. The second kappa shape index (κ2) is 5.70. The van der Waals surface area contributed by atoms with Crippen LogP contribution in [0.15, 0.2) is 40.9 Å². The van der Waals surface area contributed by atoms with Crippen LogP contribution in [0.3, 0.4) is 0 Å².